The Morgan fingerprint density at radius 1 is 1.00 bits per heavy atom. The summed E-state index contributed by atoms with van der Waals surface area (Å²) in [7, 11) is 1.63. The zero-order valence-corrected chi connectivity index (χ0v) is 20.8. The molecule has 1 N–H and O–H groups in total. The van der Waals surface area contributed by atoms with Crippen molar-refractivity contribution in [1.82, 2.24) is 14.5 Å². The standard InChI is InChI=1S/C29H32N4O3/c1-23-9-6-7-12-26(23)31-29(34)33(17-8-16-32-18-15-30-22-32)20-25-13-14-27(28(19-25)35-2)36-21-24-10-4-3-5-11-24/h3-7,9-15,18-19,22H,8,16-17,20-21H2,1-2H3,(H,31,34). The Bertz CT molecular complexity index is 1240. The lowest BCUT2D eigenvalue weighted by Gasteiger charge is -2.24. The van der Waals surface area contributed by atoms with Gasteiger partial charge in [0, 0.05) is 37.7 Å². The van der Waals surface area contributed by atoms with Gasteiger partial charge in [-0.2, -0.15) is 0 Å². The van der Waals surface area contributed by atoms with Gasteiger partial charge < -0.3 is 24.3 Å². The number of amides is 2. The monoisotopic (exact) mass is 484 g/mol. The number of ether oxygens (including phenoxy) is 2. The van der Waals surface area contributed by atoms with Crippen LogP contribution in [0.1, 0.15) is 23.1 Å². The Kier molecular flexibility index (Phi) is 8.59. The van der Waals surface area contributed by atoms with Crippen LogP contribution in [-0.4, -0.2) is 34.1 Å². The first kappa shape index (κ1) is 24.9. The second-order valence-electron chi connectivity index (χ2n) is 8.58. The number of methoxy groups -OCH3 is 1. The number of hydrogen-bond donors (Lipinski definition) is 1. The van der Waals surface area contributed by atoms with E-state index in [9.17, 15) is 4.79 Å². The van der Waals surface area contributed by atoms with Crippen molar-refractivity contribution in [3.8, 4) is 11.5 Å². The first-order chi connectivity index (χ1) is 17.6. The summed E-state index contributed by atoms with van der Waals surface area (Å²) in [4.78, 5) is 19.2. The highest BCUT2D eigenvalue weighted by molar-refractivity contribution is 5.90. The minimum absolute atomic E-state index is 0.140. The summed E-state index contributed by atoms with van der Waals surface area (Å²) in [5, 5.41) is 3.06. The number of imidazole rings is 1. The molecule has 1 heterocycles. The van der Waals surface area contributed by atoms with Crippen LogP contribution in [-0.2, 0) is 19.7 Å². The van der Waals surface area contributed by atoms with Gasteiger partial charge in [0.15, 0.2) is 11.5 Å². The van der Waals surface area contributed by atoms with Gasteiger partial charge >= 0.3 is 6.03 Å². The molecule has 36 heavy (non-hydrogen) atoms. The van der Waals surface area contributed by atoms with Gasteiger partial charge in [0.25, 0.3) is 0 Å². The van der Waals surface area contributed by atoms with Crippen molar-refractivity contribution >= 4 is 11.7 Å². The minimum Gasteiger partial charge on any atom is -0.493 e. The normalized spacial score (nSPS) is 10.6. The first-order valence-corrected chi connectivity index (χ1v) is 12.0. The van der Waals surface area contributed by atoms with Gasteiger partial charge in [-0.05, 0) is 48.2 Å². The van der Waals surface area contributed by atoms with Gasteiger partial charge in [0.1, 0.15) is 6.61 Å². The molecule has 0 saturated heterocycles. The number of nitrogens with one attached hydrogen (secondary N) is 1. The largest absolute Gasteiger partial charge is 0.493 e. The quantitative estimate of drug-likeness (QED) is 0.288. The average molecular weight is 485 g/mol. The molecule has 0 aliphatic heterocycles. The zero-order valence-electron chi connectivity index (χ0n) is 20.8. The lowest BCUT2D eigenvalue weighted by molar-refractivity contribution is 0.207. The summed E-state index contributed by atoms with van der Waals surface area (Å²) in [6.07, 6.45) is 6.27. The van der Waals surface area contributed by atoms with Crippen molar-refractivity contribution in [2.45, 2.75) is 33.0 Å². The van der Waals surface area contributed by atoms with Gasteiger partial charge in [-0.15, -0.1) is 0 Å². The summed E-state index contributed by atoms with van der Waals surface area (Å²) in [5.74, 6) is 1.31. The second kappa shape index (κ2) is 12.4. The highest BCUT2D eigenvalue weighted by Crippen LogP contribution is 2.29. The van der Waals surface area contributed by atoms with Crippen LogP contribution >= 0.6 is 0 Å². The van der Waals surface area contributed by atoms with Gasteiger partial charge in [-0.25, -0.2) is 9.78 Å². The fourth-order valence-electron chi connectivity index (χ4n) is 3.91. The van der Waals surface area contributed by atoms with Gasteiger partial charge in [-0.1, -0.05) is 54.6 Å². The van der Waals surface area contributed by atoms with Crippen LogP contribution in [0.5, 0.6) is 11.5 Å². The fraction of sp³-hybridized carbons (Fsp3) is 0.241. The van der Waals surface area contributed by atoms with E-state index in [1.165, 1.54) is 0 Å². The lowest BCUT2D eigenvalue weighted by atomic mass is 10.1. The number of rotatable bonds is 11. The van der Waals surface area contributed by atoms with E-state index in [-0.39, 0.29) is 6.03 Å². The van der Waals surface area contributed by atoms with Crippen molar-refractivity contribution in [3.63, 3.8) is 0 Å². The van der Waals surface area contributed by atoms with Crippen LogP contribution in [0.15, 0.2) is 91.5 Å². The van der Waals surface area contributed by atoms with Crippen LogP contribution in [0.2, 0.25) is 0 Å². The summed E-state index contributed by atoms with van der Waals surface area (Å²) in [5.41, 5.74) is 3.87. The number of anilines is 1. The van der Waals surface area contributed by atoms with E-state index in [4.69, 9.17) is 9.47 Å². The van der Waals surface area contributed by atoms with Crippen LogP contribution in [0.4, 0.5) is 10.5 Å². The van der Waals surface area contributed by atoms with E-state index >= 15 is 0 Å². The molecular formula is C29H32N4O3. The summed E-state index contributed by atoms with van der Waals surface area (Å²) < 4.78 is 13.6. The Morgan fingerprint density at radius 3 is 2.56 bits per heavy atom. The lowest BCUT2D eigenvalue weighted by Crippen LogP contribution is -2.35. The highest BCUT2D eigenvalue weighted by atomic mass is 16.5. The molecule has 3 aromatic carbocycles. The van der Waals surface area contributed by atoms with Crippen molar-refractivity contribution in [2.24, 2.45) is 0 Å². The third-order valence-electron chi connectivity index (χ3n) is 5.92. The minimum atomic E-state index is -0.140. The zero-order chi connectivity index (χ0) is 25.2. The van der Waals surface area contributed by atoms with E-state index in [0.717, 1.165) is 35.3 Å². The third kappa shape index (κ3) is 6.88. The molecule has 2 amide bonds. The summed E-state index contributed by atoms with van der Waals surface area (Å²) in [6, 6.07) is 23.5. The predicted molar refractivity (Wildman–Crippen MR) is 141 cm³/mol. The van der Waals surface area contributed by atoms with Crippen molar-refractivity contribution < 1.29 is 14.3 Å². The fourth-order valence-corrected chi connectivity index (χ4v) is 3.91. The number of urea groups is 1. The Morgan fingerprint density at radius 2 is 1.81 bits per heavy atom. The number of aryl methyl sites for hydroxylation is 2. The molecule has 0 bridgehead atoms. The van der Waals surface area contributed by atoms with Gasteiger partial charge in [0.05, 0.1) is 13.4 Å². The van der Waals surface area contributed by atoms with Crippen molar-refractivity contribution in [1.29, 1.82) is 0 Å². The molecular weight excluding hydrogens is 452 g/mol. The van der Waals surface area contributed by atoms with Crippen molar-refractivity contribution in [2.75, 3.05) is 19.0 Å². The molecule has 186 valence electrons. The highest BCUT2D eigenvalue weighted by Gasteiger charge is 2.16. The summed E-state index contributed by atoms with van der Waals surface area (Å²) >= 11 is 0. The number of carbonyl (C=O) groups excluding carboxylic acids is 1. The molecule has 7 heteroatoms. The van der Waals surface area contributed by atoms with E-state index < -0.39 is 0 Å². The van der Waals surface area contributed by atoms with Crippen molar-refractivity contribution in [3.05, 3.63) is 108 Å². The predicted octanol–water partition coefficient (Wildman–Crippen LogP) is 5.90. The number of para-hydroxylation sites is 1. The maximum atomic E-state index is 13.3. The van der Waals surface area contributed by atoms with E-state index in [1.54, 1.807) is 19.6 Å². The smallest absolute Gasteiger partial charge is 0.322 e. The Hall–Kier alpha value is -4.26. The van der Waals surface area contributed by atoms with Crippen LogP contribution in [0, 0.1) is 6.92 Å². The molecule has 0 spiro atoms. The summed E-state index contributed by atoms with van der Waals surface area (Å²) in [6.45, 7) is 4.25. The number of benzene rings is 3. The second-order valence-corrected chi connectivity index (χ2v) is 8.58. The van der Waals surface area contributed by atoms with E-state index in [0.29, 0.717) is 31.2 Å². The Balaban J connectivity index is 1.46. The first-order valence-electron chi connectivity index (χ1n) is 12.0. The van der Waals surface area contributed by atoms with Crippen LogP contribution in [0.3, 0.4) is 0 Å². The van der Waals surface area contributed by atoms with E-state index in [1.807, 2.05) is 95.4 Å². The Labute approximate surface area is 212 Å². The number of aromatic nitrogens is 2. The molecule has 0 radical (unpaired) electrons. The number of hydrogen-bond acceptors (Lipinski definition) is 4. The molecule has 0 aliphatic rings. The molecule has 0 atom stereocenters. The SMILES string of the molecule is COc1cc(CN(CCCn2ccnc2)C(=O)Nc2ccccc2C)ccc1OCc1ccccc1. The molecule has 4 aromatic rings. The molecule has 0 aliphatic carbocycles. The average Bonchev–Trinajstić information content (AvgIpc) is 3.42. The molecule has 0 unspecified atom stereocenters. The van der Waals surface area contributed by atoms with Gasteiger partial charge in [-0.3, -0.25) is 0 Å². The van der Waals surface area contributed by atoms with Crippen LogP contribution in [0.25, 0.3) is 0 Å². The molecule has 7 nitrogen and oxygen atoms in total. The van der Waals surface area contributed by atoms with E-state index in [2.05, 4.69) is 10.3 Å². The third-order valence-corrected chi connectivity index (χ3v) is 5.92. The van der Waals surface area contributed by atoms with Crippen LogP contribution < -0.4 is 14.8 Å². The van der Waals surface area contributed by atoms with Gasteiger partial charge in [0.2, 0.25) is 0 Å². The molecule has 0 saturated carbocycles. The topological polar surface area (TPSA) is 68.6 Å². The number of nitrogens with zero attached hydrogens (tertiary/aromatic N) is 3. The molecule has 0 fully saturated rings. The molecule has 4 rings (SSSR count). The maximum absolute atomic E-state index is 13.3. The number of carbonyl (C=O) groups is 1. The molecule has 1 aromatic heterocycles. The maximum Gasteiger partial charge on any atom is 0.322 e.